The van der Waals surface area contributed by atoms with Gasteiger partial charge < -0.3 is 13.9 Å². The number of carbonyl (C=O) groups is 1. The van der Waals surface area contributed by atoms with Gasteiger partial charge in [-0.15, -0.1) is 0 Å². The molecule has 3 aromatic rings. The van der Waals surface area contributed by atoms with Gasteiger partial charge in [0.05, 0.1) is 5.60 Å². The molecule has 41 heavy (non-hydrogen) atoms. The van der Waals surface area contributed by atoms with Crippen LogP contribution in [0.15, 0.2) is 60.7 Å². The molecule has 0 radical (unpaired) electrons. The van der Waals surface area contributed by atoms with Crippen LogP contribution in [0, 0.1) is 13.8 Å². The largest absolute Gasteiger partial charge is 0.489 e. The molecule has 0 saturated carbocycles. The summed E-state index contributed by atoms with van der Waals surface area (Å²) in [5.74, 6) is 0.723. The first-order chi connectivity index (χ1) is 19.3. The predicted octanol–water partition coefficient (Wildman–Crippen LogP) is 9.25. The van der Waals surface area contributed by atoms with Crippen LogP contribution in [0.25, 0.3) is 11.1 Å². The van der Waals surface area contributed by atoms with E-state index in [9.17, 15) is 4.79 Å². The van der Waals surface area contributed by atoms with Crippen LogP contribution in [0.3, 0.4) is 0 Å². The SMILES string of the molecule is CCC(CC)(c1ccc(OC[C@H]2CCC(=O)O2)c(C)c1)c1ccc(-c2cccc(C(C)(C)O[Si](C)(C)C)c2)c(C)c1. The van der Waals surface area contributed by atoms with E-state index in [0.29, 0.717) is 13.0 Å². The second-order valence-corrected chi connectivity index (χ2v) is 17.5. The van der Waals surface area contributed by atoms with E-state index in [0.717, 1.165) is 30.6 Å². The third-order valence-corrected chi connectivity index (χ3v) is 9.66. The van der Waals surface area contributed by atoms with E-state index in [1.54, 1.807) is 0 Å². The summed E-state index contributed by atoms with van der Waals surface area (Å²) >= 11 is 0. The molecule has 5 heteroatoms. The zero-order valence-electron chi connectivity index (χ0n) is 26.5. The number of rotatable bonds is 11. The van der Waals surface area contributed by atoms with Gasteiger partial charge in [-0.1, -0.05) is 62.4 Å². The van der Waals surface area contributed by atoms with Gasteiger partial charge >= 0.3 is 5.97 Å². The molecule has 1 atom stereocenters. The first-order valence-corrected chi connectivity index (χ1v) is 18.5. The average molecular weight is 573 g/mol. The van der Waals surface area contributed by atoms with Gasteiger partial charge in [-0.05, 0) is 118 Å². The molecule has 0 unspecified atom stereocenters. The van der Waals surface area contributed by atoms with Crippen molar-refractivity contribution in [3.8, 4) is 16.9 Å². The summed E-state index contributed by atoms with van der Waals surface area (Å²) in [4.78, 5) is 11.4. The van der Waals surface area contributed by atoms with Gasteiger partial charge in [-0.3, -0.25) is 4.79 Å². The predicted molar refractivity (Wildman–Crippen MR) is 171 cm³/mol. The van der Waals surface area contributed by atoms with Crippen molar-refractivity contribution in [1.29, 1.82) is 0 Å². The number of hydrogen-bond donors (Lipinski definition) is 0. The van der Waals surface area contributed by atoms with Gasteiger partial charge in [0.1, 0.15) is 18.5 Å². The van der Waals surface area contributed by atoms with E-state index in [4.69, 9.17) is 13.9 Å². The number of esters is 1. The summed E-state index contributed by atoms with van der Waals surface area (Å²) in [6, 6.07) is 22.4. The highest BCUT2D eigenvalue weighted by Gasteiger charge is 2.32. The number of hydrogen-bond acceptors (Lipinski definition) is 4. The molecule has 4 rings (SSSR count). The van der Waals surface area contributed by atoms with Crippen LogP contribution in [-0.2, 0) is 25.0 Å². The van der Waals surface area contributed by atoms with Crippen LogP contribution in [0.5, 0.6) is 5.75 Å². The van der Waals surface area contributed by atoms with Gasteiger partial charge in [-0.25, -0.2) is 0 Å². The molecule has 3 aromatic carbocycles. The van der Waals surface area contributed by atoms with Gasteiger partial charge in [-0.2, -0.15) is 0 Å². The molecule has 1 aliphatic rings. The smallest absolute Gasteiger partial charge is 0.306 e. The molecule has 0 amide bonds. The molecule has 0 spiro atoms. The van der Waals surface area contributed by atoms with Crippen LogP contribution in [0.4, 0.5) is 0 Å². The normalized spacial score (nSPS) is 16.1. The highest BCUT2D eigenvalue weighted by Crippen LogP contribution is 2.42. The molecule has 0 aliphatic carbocycles. The number of aryl methyl sites for hydroxylation is 2. The van der Waals surface area contributed by atoms with Crippen LogP contribution in [-0.4, -0.2) is 27.0 Å². The minimum Gasteiger partial charge on any atom is -0.489 e. The highest BCUT2D eigenvalue weighted by molar-refractivity contribution is 6.69. The standard InChI is InChI=1S/C36H48O4Si/c1-10-36(11-2,30-16-19-33(26(4)22-30)38-24-31-17-20-34(37)39-31)29-15-18-32(25(3)21-29)27-13-12-14-28(23-27)35(5,6)40-41(7,8)9/h12-16,18-19,21-23,31H,10-11,17,20,24H2,1-9H3/t31-/m1/s1. The van der Waals surface area contributed by atoms with Crippen LogP contribution in [0.2, 0.25) is 19.6 Å². The molecule has 1 aliphatic heterocycles. The fourth-order valence-corrected chi connectivity index (χ4v) is 8.04. The van der Waals surface area contributed by atoms with Crippen molar-refractivity contribution in [2.45, 2.75) is 104 Å². The van der Waals surface area contributed by atoms with Gasteiger partial charge in [0.25, 0.3) is 0 Å². The van der Waals surface area contributed by atoms with Crippen molar-refractivity contribution < 1.29 is 18.7 Å². The second kappa shape index (κ2) is 12.1. The van der Waals surface area contributed by atoms with Crippen molar-refractivity contribution in [1.82, 2.24) is 0 Å². The minimum atomic E-state index is -1.70. The van der Waals surface area contributed by atoms with Gasteiger partial charge in [0.15, 0.2) is 8.32 Å². The van der Waals surface area contributed by atoms with E-state index in [-0.39, 0.29) is 23.1 Å². The van der Waals surface area contributed by atoms with Crippen molar-refractivity contribution in [2.24, 2.45) is 0 Å². The molecule has 1 fully saturated rings. The fraction of sp³-hybridized carbons (Fsp3) is 0.472. The number of ether oxygens (including phenoxy) is 2. The quantitative estimate of drug-likeness (QED) is 0.170. The maximum absolute atomic E-state index is 11.4. The first kappa shape index (κ1) is 31.1. The summed E-state index contributed by atoms with van der Waals surface area (Å²) < 4.78 is 17.9. The Morgan fingerprint density at radius 2 is 1.54 bits per heavy atom. The molecule has 0 bridgehead atoms. The second-order valence-electron chi connectivity index (χ2n) is 13.1. The Morgan fingerprint density at radius 3 is 2.10 bits per heavy atom. The Kier molecular flexibility index (Phi) is 9.20. The molecule has 1 saturated heterocycles. The third kappa shape index (κ3) is 6.95. The lowest BCUT2D eigenvalue weighted by Gasteiger charge is -2.35. The Morgan fingerprint density at radius 1 is 0.878 bits per heavy atom. The Hall–Kier alpha value is -2.89. The summed E-state index contributed by atoms with van der Waals surface area (Å²) in [6.45, 7) is 20.4. The number of cyclic esters (lactones) is 1. The summed E-state index contributed by atoms with van der Waals surface area (Å²) in [6.07, 6.45) is 3.06. The maximum Gasteiger partial charge on any atom is 0.306 e. The fourth-order valence-electron chi connectivity index (χ4n) is 6.40. The molecule has 4 nitrogen and oxygen atoms in total. The zero-order valence-corrected chi connectivity index (χ0v) is 27.5. The van der Waals surface area contributed by atoms with E-state index in [1.807, 2.05) is 0 Å². The van der Waals surface area contributed by atoms with E-state index >= 15 is 0 Å². The van der Waals surface area contributed by atoms with Crippen LogP contribution < -0.4 is 4.74 Å². The molecule has 0 N–H and O–H groups in total. The van der Waals surface area contributed by atoms with Gasteiger partial charge in [0, 0.05) is 11.8 Å². The molecular weight excluding hydrogens is 524 g/mol. The summed E-state index contributed by atoms with van der Waals surface area (Å²) in [5, 5.41) is 0. The minimum absolute atomic E-state index is 0.0947. The van der Waals surface area contributed by atoms with Crippen molar-refractivity contribution in [3.63, 3.8) is 0 Å². The lowest BCUT2D eigenvalue weighted by atomic mass is 9.69. The van der Waals surface area contributed by atoms with E-state index in [2.05, 4.69) is 122 Å². The topological polar surface area (TPSA) is 44.8 Å². The highest BCUT2D eigenvalue weighted by atomic mass is 28.4. The van der Waals surface area contributed by atoms with Crippen molar-refractivity contribution in [2.75, 3.05) is 6.61 Å². The molecular formula is C36H48O4Si. The monoisotopic (exact) mass is 572 g/mol. The molecule has 1 heterocycles. The van der Waals surface area contributed by atoms with Crippen molar-refractivity contribution in [3.05, 3.63) is 88.5 Å². The molecule has 220 valence electrons. The maximum atomic E-state index is 11.4. The number of carbonyl (C=O) groups excluding carboxylic acids is 1. The Labute approximate surface area is 248 Å². The Bertz CT molecular complexity index is 1380. The Balaban J connectivity index is 1.62. The lowest BCUT2D eigenvalue weighted by Crippen LogP contribution is -2.36. The number of benzene rings is 3. The molecule has 0 aromatic heterocycles. The van der Waals surface area contributed by atoms with Crippen molar-refractivity contribution >= 4 is 14.3 Å². The van der Waals surface area contributed by atoms with Crippen LogP contribution >= 0.6 is 0 Å². The van der Waals surface area contributed by atoms with Gasteiger partial charge in [0.2, 0.25) is 0 Å². The van der Waals surface area contributed by atoms with Crippen LogP contribution in [0.1, 0.15) is 81.2 Å². The van der Waals surface area contributed by atoms with E-state index in [1.165, 1.54) is 33.4 Å². The first-order valence-electron chi connectivity index (χ1n) is 15.1. The zero-order chi connectivity index (χ0) is 30.0. The van der Waals surface area contributed by atoms with E-state index < -0.39 is 8.32 Å². The lowest BCUT2D eigenvalue weighted by molar-refractivity contribution is -0.142. The average Bonchev–Trinajstić information content (AvgIpc) is 3.33. The summed E-state index contributed by atoms with van der Waals surface area (Å²) in [7, 11) is -1.70. The third-order valence-electron chi connectivity index (χ3n) is 8.54. The summed E-state index contributed by atoms with van der Waals surface area (Å²) in [5.41, 5.74) is 8.29.